The van der Waals surface area contributed by atoms with Crippen LogP contribution in [0.2, 0.25) is 0 Å². The van der Waals surface area contributed by atoms with Crippen molar-refractivity contribution in [3.63, 3.8) is 0 Å². The number of morpholine rings is 1. The van der Waals surface area contributed by atoms with Crippen LogP contribution in [0.4, 0.5) is 0 Å². The minimum absolute atomic E-state index is 0.0821. The highest BCUT2D eigenvalue weighted by Crippen LogP contribution is 2.27. The van der Waals surface area contributed by atoms with E-state index in [1.165, 1.54) is 0 Å². The monoisotopic (exact) mass is 334 g/mol. The summed E-state index contributed by atoms with van der Waals surface area (Å²) >= 11 is 0. The quantitative estimate of drug-likeness (QED) is 0.869. The zero-order valence-electron chi connectivity index (χ0n) is 14.4. The number of aliphatic hydroxyl groups is 1. The molecular formula is C17H26N4O3. The molecule has 0 saturated carbocycles. The van der Waals surface area contributed by atoms with Crippen LogP contribution in [0.1, 0.15) is 37.4 Å². The first kappa shape index (κ1) is 17.3. The molecule has 132 valence electrons. The number of ether oxygens (including phenoxy) is 1. The minimum Gasteiger partial charge on any atom is -0.388 e. The van der Waals surface area contributed by atoms with Gasteiger partial charge in [0, 0.05) is 45.8 Å². The van der Waals surface area contributed by atoms with Gasteiger partial charge in [0.25, 0.3) is 0 Å². The summed E-state index contributed by atoms with van der Waals surface area (Å²) in [5.41, 5.74) is 0.167. The van der Waals surface area contributed by atoms with Crippen molar-refractivity contribution in [3.05, 3.63) is 23.8 Å². The fourth-order valence-electron chi connectivity index (χ4n) is 3.49. The highest BCUT2D eigenvalue weighted by molar-refractivity contribution is 5.73. The first-order valence-corrected chi connectivity index (χ1v) is 8.57. The van der Waals surface area contributed by atoms with Gasteiger partial charge in [0.2, 0.25) is 5.91 Å². The van der Waals surface area contributed by atoms with Crippen molar-refractivity contribution in [1.29, 1.82) is 0 Å². The van der Waals surface area contributed by atoms with Crippen LogP contribution in [0, 0.1) is 6.92 Å². The number of likely N-dealkylation sites (tertiary alicyclic amines) is 1. The van der Waals surface area contributed by atoms with Crippen LogP contribution in [-0.2, 0) is 9.53 Å². The Hall–Kier alpha value is -1.57. The fraction of sp³-hybridized carbons (Fsp3) is 0.706. The zero-order chi connectivity index (χ0) is 17.2. The first-order valence-electron chi connectivity index (χ1n) is 8.57. The third kappa shape index (κ3) is 4.09. The van der Waals surface area contributed by atoms with Gasteiger partial charge < -0.3 is 14.7 Å². The van der Waals surface area contributed by atoms with Gasteiger partial charge >= 0.3 is 0 Å². The molecule has 3 rings (SSSR count). The zero-order valence-corrected chi connectivity index (χ0v) is 14.4. The van der Waals surface area contributed by atoms with E-state index in [4.69, 9.17) is 4.74 Å². The van der Waals surface area contributed by atoms with Crippen molar-refractivity contribution < 1.29 is 14.6 Å². The van der Waals surface area contributed by atoms with Crippen LogP contribution < -0.4 is 0 Å². The SMILES string of the molecule is CC(=O)N1CCC(O)(CN2CCO[C@@H](c3ccnc(C)n3)C2)CC1. The topological polar surface area (TPSA) is 78.8 Å². The van der Waals surface area contributed by atoms with Crippen molar-refractivity contribution in [3.8, 4) is 0 Å². The highest BCUT2D eigenvalue weighted by Gasteiger charge is 2.36. The number of carbonyl (C=O) groups excluding carboxylic acids is 1. The largest absolute Gasteiger partial charge is 0.388 e. The maximum atomic E-state index is 11.4. The second kappa shape index (κ2) is 7.13. The number of hydrogen-bond donors (Lipinski definition) is 1. The van der Waals surface area contributed by atoms with E-state index in [1.807, 2.05) is 13.0 Å². The molecule has 24 heavy (non-hydrogen) atoms. The molecule has 2 aliphatic rings. The Morgan fingerprint density at radius 1 is 1.42 bits per heavy atom. The molecule has 3 heterocycles. The van der Waals surface area contributed by atoms with Crippen molar-refractivity contribution in [2.24, 2.45) is 0 Å². The molecule has 1 aromatic heterocycles. The molecule has 0 radical (unpaired) electrons. The number of hydrogen-bond acceptors (Lipinski definition) is 6. The summed E-state index contributed by atoms with van der Waals surface area (Å²) in [6, 6.07) is 1.89. The lowest BCUT2D eigenvalue weighted by molar-refractivity contribution is -0.134. The van der Waals surface area contributed by atoms with Gasteiger partial charge in [-0.05, 0) is 25.8 Å². The highest BCUT2D eigenvalue weighted by atomic mass is 16.5. The van der Waals surface area contributed by atoms with Crippen LogP contribution in [0.15, 0.2) is 12.3 Å². The van der Waals surface area contributed by atoms with Gasteiger partial charge in [-0.3, -0.25) is 9.69 Å². The van der Waals surface area contributed by atoms with Crippen LogP contribution in [-0.4, -0.2) is 75.7 Å². The predicted molar refractivity (Wildman–Crippen MR) is 88.3 cm³/mol. The van der Waals surface area contributed by atoms with Crippen molar-refractivity contribution >= 4 is 5.91 Å². The number of rotatable bonds is 3. The molecule has 1 aromatic rings. The van der Waals surface area contributed by atoms with Crippen LogP contribution in [0.5, 0.6) is 0 Å². The lowest BCUT2D eigenvalue weighted by Crippen LogP contribution is -2.53. The predicted octanol–water partition coefficient (Wildman–Crippen LogP) is 0.532. The smallest absolute Gasteiger partial charge is 0.219 e. The summed E-state index contributed by atoms with van der Waals surface area (Å²) in [5, 5.41) is 10.9. The fourth-order valence-corrected chi connectivity index (χ4v) is 3.49. The van der Waals surface area contributed by atoms with Crippen molar-refractivity contribution in [2.45, 2.75) is 38.4 Å². The van der Waals surface area contributed by atoms with Crippen LogP contribution in [0.3, 0.4) is 0 Å². The van der Waals surface area contributed by atoms with E-state index in [-0.39, 0.29) is 12.0 Å². The van der Waals surface area contributed by atoms with E-state index in [9.17, 15) is 9.90 Å². The first-order chi connectivity index (χ1) is 11.5. The van der Waals surface area contributed by atoms with Gasteiger partial charge in [-0.25, -0.2) is 9.97 Å². The van der Waals surface area contributed by atoms with Gasteiger partial charge in [0.15, 0.2) is 0 Å². The maximum absolute atomic E-state index is 11.4. The second-order valence-electron chi connectivity index (χ2n) is 6.85. The molecule has 1 atom stereocenters. The molecule has 2 aliphatic heterocycles. The molecular weight excluding hydrogens is 308 g/mol. The summed E-state index contributed by atoms with van der Waals surface area (Å²) in [6.07, 6.45) is 2.93. The Labute approximate surface area is 142 Å². The normalized spacial score (nSPS) is 24.8. The summed E-state index contributed by atoms with van der Waals surface area (Å²) in [5.74, 6) is 0.825. The molecule has 0 aromatic carbocycles. The average Bonchev–Trinajstić information content (AvgIpc) is 2.55. The number of piperidine rings is 1. The summed E-state index contributed by atoms with van der Waals surface area (Å²) in [6.45, 7) is 7.48. The Kier molecular flexibility index (Phi) is 5.12. The molecule has 0 unspecified atom stereocenters. The molecule has 0 bridgehead atoms. The van der Waals surface area contributed by atoms with E-state index in [1.54, 1.807) is 18.0 Å². The molecule has 2 fully saturated rings. The van der Waals surface area contributed by atoms with Gasteiger partial charge in [0.05, 0.1) is 17.9 Å². The Morgan fingerprint density at radius 2 is 2.17 bits per heavy atom. The standard InChI is InChI=1S/C17H26N4O3/c1-13-18-6-3-15(19-13)16-11-20(9-10-24-16)12-17(23)4-7-21(8-5-17)14(2)22/h3,6,16,23H,4-5,7-12H2,1-2H3/t16-/m1/s1. The summed E-state index contributed by atoms with van der Waals surface area (Å²) in [7, 11) is 0. The van der Waals surface area contributed by atoms with E-state index in [0.29, 0.717) is 39.1 Å². The lowest BCUT2D eigenvalue weighted by atomic mass is 9.90. The lowest BCUT2D eigenvalue weighted by Gasteiger charge is -2.42. The van der Waals surface area contributed by atoms with Gasteiger partial charge in [-0.1, -0.05) is 0 Å². The van der Waals surface area contributed by atoms with Gasteiger partial charge in [-0.15, -0.1) is 0 Å². The molecule has 0 spiro atoms. The molecule has 7 heteroatoms. The maximum Gasteiger partial charge on any atom is 0.219 e. The van der Waals surface area contributed by atoms with Crippen LogP contribution in [0.25, 0.3) is 0 Å². The van der Waals surface area contributed by atoms with Crippen molar-refractivity contribution in [2.75, 3.05) is 39.3 Å². The number of carbonyl (C=O) groups is 1. The summed E-state index contributed by atoms with van der Waals surface area (Å²) in [4.78, 5) is 24.1. The second-order valence-corrected chi connectivity index (χ2v) is 6.85. The van der Waals surface area contributed by atoms with E-state index >= 15 is 0 Å². The van der Waals surface area contributed by atoms with Crippen molar-refractivity contribution in [1.82, 2.24) is 19.8 Å². The molecule has 1 N–H and O–H groups in total. The Balaban J connectivity index is 1.58. The van der Waals surface area contributed by atoms with Gasteiger partial charge in [-0.2, -0.15) is 0 Å². The summed E-state index contributed by atoms with van der Waals surface area (Å²) < 4.78 is 5.85. The minimum atomic E-state index is -0.727. The molecule has 0 aliphatic carbocycles. The molecule has 7 nitrogen and oxygen atoms in total. The van der Waals surface area contributed by atoms with E-state index in [2.05, 4.69) is 14.9 Å². The van der Waals surface area contributed by atoms with Crippen LogP contribution >= 0.6 is 0 Å². The molecule has 2 saturated heterocycles. The van der Waals surface area contributed by atoms with E-state index in [0.717, 1.165) is 24.6 Å². The number of amides is 1. The molecule has 1 amide bonds. The number of nitrogens with zero attached hydrogens (tertiary/aromatic N) is 4. The third-order valence-corrected chi connectivity index (χ3v) is 4.94. The van der Waals surface area contributed by atoms with Gasteiger partial charge in [0.1, 0.15) is 11.9 Å². The average molecular weight is 334 g/mol. The number of aryl methyl sites for hydroxylation is 1. The third-order valence-electron chi connectivity index (χ3n) is 4.94. The Morgan fingerprint density at radius 3 is 2.83 bits per heavy atom. The number of β-amino-alcohol motifs (C(OH)–C–C–N with tert-alkyl or cyclic N) is 1. The Bertz CT molecular complexity index is 587. The van der Waals surface area contributed by atoms with E-state index < -0.39 is 5.60 Å². The number of aromatic nitrogens is 2.